The van der Waals surface area contributed by atoms with E-state index in [4.69, 9.17) is 18.9 Å². The van der Waals surface area contributed by atoms with Crippen LogP contribution < -0.4 is 18.9 Å². The lowest BCUT2D eigenvalue weighted by Crippen LogP contribution is -1.98. The molecule has 0 aromatic heterocycles. The monoisotopic (exact) mass is 412 g/mol. The number of allylic oxidation sites excluding steroid dienone is 1. The Labute approximate surface area is 180 Å². The Balaban J connectivity index is 1.36. The van der Waals surface area contributed by atoms with Gasteiger partial charge in [-0.3, -0.25) is 4.79 Å². The molecular formula is C26H20O5. The first-order valence-corrected chi connectivity index (χ1v) is 9.94. The number of hydrogen-bond acceptors (Lipinski definition) is 5. The molecule has 2 aliphatic heterocycles. The molecule has 5 nitrogen and oxygen atoms in total. The zero-order chi connectivity index (χ0) is 21.4. The minimum Gasteiger partial charge on any atom is -0.488 e. The molecule has 31 heavy (non-hydrogen) atoms. The fraction of sp³-hybridized carbons (Fsp3) is 0.115. The van der Waals surface area contributed by atoms with E-state index in [-0.39, 0.29) is 18.3 Å². The van der Waals surface area contributed by atoms with Gasteiger partial charge in [0.15, 0.2) is 17.3 Å². The van der Waals surface area contributed by atoms with Crippen LogP contribution in [0.1, 0.15) is 32.6 Å². The summed E-state index contributed by atoms with van der Waals surface area (Å²) in [5.74, 6) is 2.70. The Morgan fingerprint density at radius 2 is 1.77 bits per heavy atom. The highest BCUT2D eigenvalue weighted by Crippen LogP contribution is 2.40. The summed E-state index contributed by atoms with van der Waals surface area (Å²) in [5.41, 5.74) is 4.24. The van der Waals surface area contributed by atoms with Crippen LogP contribution in [0.25, 0.3) is 12.2 Å². The number of carbonyl (C=O) groups excluding carboxylic acids is 1. The van der Waals surface area contributed by atoms with Gasteiger partial charge in [-0.15, -0.1) is 0 Å². The van der Waals surface area contributed by atoms with E-state index in [1.165, 1.54) is 0 Å². The first-order valence-electron chi connectivity index (χ1n) is 9.94. The fourth-order valence-electron chi connectivity index (χ4n) is 3.59. The van der Waals surface area contributed by atoms with Gasteiger partial charge in [-0.25, -0.2) is 0 Å². The van der Waals surface area contributed by atoms with Gasteiger partial charge in [0.05, 0.1) is 5.56 Å². The van der Waals surface area contributed by atoms with Gasteiger partial charge >= 0.3 is 0 Å². The van der Waals surface area contributed by atoms with Gasteiger partial charge in [0, 0.05) is 5.56 Å². The van der Waals surface area contributed by atoms with Gasteiger partial charge in [-0.05, 0) is 54.0 Å². The van der Waals surface area contributed by atoms with E-state index in [9.17, 15) is 4.79 Å². The largest absolute Gasteiger partial charge is 0.488 e. The van der Waals surface area contributed by atoms with Crippen LogP contribution in [0.3, 0.4) is 0 Å². The van der Waals surface area contributed by atoms with E-state index in [0.29, 0.717) is 35.2 Å². The van der Waals surface area contributed by atoms with Crippen molar-refractivity contribution in [2.45, 2.75) is 13.5 Å². The van der Waals surface area contributed by atoms with E-state index >= 15 is 0 Å². The van der Waals surface area contributed by atoms with Crippen molar-refractivity contribution in [1.82, 2.24) is 0 Å². The van der Waals surface area contributed by atoms with Crippen molar-refractivity contribution in [3.63, 3.8) is 0 Å². The van der Waals surface area contributed by atoms with Gasteiger partial charge in [0.25, 0.3) is 0 Å². The summed E-state index contributed by atoms with van der Waals surface area (Å²) in [6.45, 7) is 6.28. The molecule has 0 N–H and O–H groups in total. The fourth-order valence-corrected chi connectivity index (χ4v) is 3.59. The SMILES string of the molecule is C=Cc1ccc(COc2ccc3c(c2C)O/C(=C\c2ccc4c(c2)OCO4)C3=O)cc1. The molecule has 0 aliphatic carbocycles. The maximum atomic E-state index is 12.8. The van der Waals surface area contributed by atoms with Gasteiger partial charge in [0.2, 0.25) is 12.6 Å². The lowest BCUT2D eigenvalue weighted by atomic mass is 10.1. The van der Waals surface area contributed by atoms with Crippen molar-refractivity contribution in [1.29, 1.82) is 0 Å². The number of ketones is 1. The minimum absolute atomic E-state index is 0.151. The Hall–Kier alpha value is -3.99. The molecule has 0 unspecified atom stereocenters. The molecule has 0 fully saturated rings. The van der Waals surface area contributed by atoms with Crippen LogP contribution >= 0.6 is 0 Å². The summed E-state index contributed by atoms with van der Waals surface area (Å²) in [7, 11) is 0. The molecule has 3 aromatic carbocycles. The van der Waals surface area contributed by atoms with Gasteiger partial charge < -0.3 is 18.9 Å². The molecule has 0 saturated heterocycles. The smallest absolute Gasteiger partial charge is 0.231 e. The number of ether oxygens (including phenoxy) is 4. The average molecular weight is 412 g/mol. The first-order chi connectivity index (χ1) is 15.1. The number of fused-ring (bicyclic) bond motifs is 2. The van der Waals surface area contributed by atoms with Crippen molar-refractivity contribution < 1.29 is 23.7 Å². The highest BCUT2D eigenvalue weighted by atomic mass is 16.7. The third-order valence-corrected chi connectivity index (χ3v) is 5.34. The summed E-state index contributed by atoms with van der Waals surface area (Å²) in [5, 5.41) is 0. The maximum absolute atomic E-state index is 12.8. The zero-order valence-electron chi connectivity index (χ0n) is 17.0. The van der Waals surface area contributed by atoms with Crippen molar-refractivity contribution >= 4 is 17.9 Å². The van der Waals surface area contributed by atoms with Crippen LogP contribution in [0.2, 0.25) is 0 Å². The summed E-state index contributed by atoms with van der Waals surface area (Å²) in [6, 6.07) is 17.1. The lowest BCUT2D eigenvalue weighted by molar-refractivity contribution is 0.101. The lowest BCUT2D eigenvalue weighted by Gasteiger charge is -2.11. The minimum atomic E-state index is -0.151. The second-order valence-electron chi connectivity index (χ2n) is 7.35. The molecule has 2 aliphatic rings. The van der Waals surface area contributed by atoms with Crippen LogP contribution in [0.4, 0.5) is 0 Å². The third kappa shape index (κ3) is 3.55. The average Bonchev–Trinajstić information content (AvgIpc) is 3.38. The summed E-state index contributed by atoms with van der Waals surface area (Å²) in [6.07, 6.45) is 3.52. The van der Waals surface area contributed by atoms with Crippen molar-refractivity contribution in [3.05, 3.63) is 94.8 Å². The van der Waals surface area contributed by atoms with Gasteiger partial charge in [0.1, 0.15) is 18.1 Å². The zero-order valence-corrected chi connectivity index (χ0v) is 17.0. The van der Waals surface area contributed by atoms with Crippen molar-refractivity contribution in [3.8, 4) is 23.0 Å². The van der Waals surface area contributed by atoms with E-state index in [0.717, 1.165) is 22.3 Å². The van der Waals surface area contributed by atoms with Crippen molar-refractivity contribution in [2.75, 3.05) is 6.79 Å². The molecule has 0 radical (unpaired) electrons. The van der Waals surface area contributed by atoms with E-state index in [1.54, 1.807) is 18.2 Å². The standard InChI is InChI=1S/C26H20O5/c1-3-17-4-6-18(7-5-17)14-28-21-11-9-20-25(27)24(31-26(20)16(21)2)13-19-8-10-22-23(12-19)30-15-29-22/h3-13H,1,14-15H2,2H3/b24-13-. The summed E-state index contributed by atoms with van der Waals surface area (Å²) < 4.78 is 22.7. The molecule has 0 saturated carbocycles. The quantitative estimate of drug-likeness (QED) is 0.514. The molecule has 2 heterocycles. The summed E-state index contributed by atoms with van der Waals surface area (Å²) in [4.78, 5) is 12.8. The Kier molecular flexibility index (Phi) is 4.71. The molecular weight excluding hydrogens is 392 g/mol. The normalized spacial score (nSPS) is 15.0. The number of Topliss-reactive ketones (excluding diaryl/α,β-unsaturated/α-hetero) is 1. The Morgan fingerprint density at radius 1 is 1.00 bits per heavy atom. The number of hydrogen-bond donors (Lipinski definition) is 0. The highest BCUT2D eigenvalue weighted by molar-refractivity contribution is 6.15. The Bertz CT molecular complexity index is 1220. The summed E-state index contributed by atoms with van der Waals surface area (Å²) >= 11 is 0. The molecule has 3 aromatic rings. The van der Waals surface area contributed by atoms with E-state index < -0.39 is 0 Å². The van der Waals surface area contributed by atoms with Crippen molar-refractivity contribution in [2.24, 2.45) is 0 Å². The first kappa shape index (κ1) is 19.0. The maximum Gasteiger partial charge on any atom is 0.231 e. The Morgan fingerprint density at radius 3 is 2.58 bits per heavy atom. The molecule has 0 amide bonds. The molecule has 0 spiro atoms. The predicted octanol–water partition coefficient (Wildman–Crippen LogP) is 5.56. The third-order valence-electron chi connectivity index (χ3n) is 5.34. The highest BCUT2D eigenvalue weighted by Gasteiger charge is 2.30. The second-order valence-corrected chi connectivity index (χ2v) is 7.35. The predicted molar refractivity (Wildman–Crippen MR) is 118 cm³/mol. The molecule has 154 valence electrons. The second kappa shape index (κ2) is 7.69. The van der Waals surface area contributed by atoms with Gasteiger partial charge in [-0.2, -0.15) is 0 Å². The van der Waals surface area contributed by atoms with Crippen LogP contribution in [-0.4, -0.2) is 12.6 Å². The van der Waals surface area contributed by atoms with Gasteiger partial charge in [-0.1, -0.05) is 43.0 Å². The van der Waals surface area contributed by atoms with E-state index in [2.05, 4.69) is 6.58 Å². The molecule has 0 atom stereocenters. The van der Waals surface area contributed by atoms with Crippen LogP contribution in [0, 0.1) is 6.92 Å². The van der Waals surface area contributed by atoms with Crippen LogP contribution in [-0.2, 0) is 6.61 Å². The molecule has 5 rings (SSSR count). The van der Waals surface area contributed by atoms with E-state index in [1.807, 2.05) is 55.5 Å². The number of benzene rings is 3. The topological polar surface area (TPSA) is 54.0 Å². The molecule has 5 heteroatoms. The van der Waals surface area contributed by atoms with Crippen LogP contribution in [0.5, 0.6) is 23.0 Å². The van der Waals surface area contributed by atoms with Crippen LogP contribution in [0.15, 0.2) is 66.9 Å². The number of rotatable bonds is 5. The number of carbonyl (C=O) groups is 1. The molecule has 0 bridgehead atoms.